The van der Waals surface area contributed by atoms with Crippen molar-refractivity contribution in [2.45, 2.75) is 128 Å². The van der Waals surface area contributed by atoms with Gasteiger partial charge in [0.05, 0.1) is 44.4 Å². The minimum absolute atomic E-state index is 0.00807. The third kappa shape index (κ3) is 9.52. The number of fused-ring (bicyclic) bond motifs is 1. The molecular formula is C38H54O9P+. The highest BCUT2D eigenvalue weighted by Gasteiger charge is 2.56. The normalized spacial score (nSPS) is 34.0. The Morgan fingerprint density at radius 1 is 0.896 bits per heavy atom. The lowest BCUT2D eigenvalue weighted by Crippen LogP contribution is -2.66. The molecule has 3 aliphatic rings. The summed E-state index contributed by atoms with van der Waals surface area (Å²) < 4.78 is 52.3. The van der Waals surface area contributed by atoms with Gasteiger partial charge in [-0.15, -0.1) is 0 Å². The maximum atomic E-state index is 12.7. The van der Waals surface area contributed by atoms with Crippen molar-refractivity contribution >= 4 is 19.8 Å². The number of rotatable bonds is 14. The summed E-state index contributed by atoms with van der Waals surface area (Å²) in [6.07, 6.45) is 2.06. The van der Waals surface area contributed by atoms with E-state index in [1.807, 2.05) is 55.2 Å². The van der Waals surface area contributed by atoms with Crippen molar-refractivity contribution in [3.05, 3.63) is 71.8 Å². The van der Waals surface area contributed by atoms with Crippen LogP contribution in [0.1, 0.15) is 65.0 Å². The zero-order valence-corrected chi connectivity index (χ0v) is 30.2. The molecule has 0 aliphatic carbocycles. The number of benzene rings is 2. The average Bonchev–Trinajstić information content (AvgIpc) is 3.06. The number of carbonyl (C=O) groups excluding carboxylic acids is 1. The van der Waals surface area contributed by atoms with Crippen molar-refractivity contribution in [1.82, 2.24) is 0 Å². The first-order valence-electron chi connectivity index (χ1n) is 17.4. The smallest absolute Gasteiger partial charge is 0.324 e. The molecule has 3 heterocycles. The number of hydrogen-bond donors (Lipinski definition) is 0. The van der Waals surface area contributed by atoms with Crippen molar-refractivity contribution in [2.75, 3.05) is 13.3 Å². The second-order valence-electron chi connectivity index (χ2n) is 13.7. The van der Waals surface area contributed by atoms with Gasteiger partial charge in [-0.25, -0.2) is 0 Å². The summed E-state index contributed by atoms with van der Waals surface area (Å²) in [6.45, 7) is 13.1. The van der Waals surface area contributed by atoms with Gasteiger partial charge in [0.15, 0.2) is 12.4 Å². The fourth-order valence-electron chi connectivity index (χ4n) is 6.87. The van der Waals surface area contributed by atoms with Crippen LogP contribution >= 0.6 is 7.55 Å². The molecule has 3 fully saturated rings. The van der Waals surface area contributed by atoms with Gasteiger partial charge in [0, 0.05) is 12.8 Å². The molecule has 0 spiro atoms. The van der Waals surface area contributed by atoms with Crippen LogP contribution in [0.2, 0.25) is 0 Å². The lowest BCUT2D eigenvalue weighted by molar-refractivity contribution is -0.372. The molecule has 264 valence electrons. The quantitative estimate of drug-likeness (QED) is 0.159. The Labute approximate surface area is 287 Å². The largest absolute Gasteiger partial charge is 0.454 e. The van der Waals surface area contributed by atoms with Crippen LogP contribution in [0.4, 0.5) is 0 Å². The van der Waals surface area contributed by atoms with E-state index in [0.29, 0.717) is 19.1 Å². The molecule has 3 saturated heterocycles. The Balaban J connectivity index is 1.47. The van der Waals surface area contributed by atoms with Crippen LogP contribution in [0.3, 0.4) is 0 Å². The van der Waals surface area contributed by atoms with Crippen molar-refractivity contribution in [2.24, 2.45) is 11.8 Å². The molecule has 2 aromatic rings. The molecular weight excluding hydrogens is 631 g/mol. The van der Waals surface area contributed by atoms with E-state index in [1.165, 1.54) is 6.92 Å². The second-order valence-corrected chi connectivity index (χ2v) is 15.7. The van der Waals surface area contributed by atoms with Gasteiger partial charge in [0.2, 0.25) is 0 Å². The van der Waals surface area contributed by atoms with E-state index in [-0.39, 0.29) is 30.8 Å². The lowest BCUT2D eigenvalue weighted by Gasteiger charge is -2.51. The average molecular weight is 686 g/mol. The molecule has 12 atom stereocenters. The predicted molar refractivity (Wildman–Crippen MR) is 186 cm³/mol. The Hall–Kier alpha value is -2.20. The van der Waals surface area contributed by atoms with E-state index < -0.39 is 56.4 Å². The van der Waals surface area contributed by atoms with Crippen LogP contribution in [-0.2, 0) is 55.9 Å². The number of carbonyl (C=O) groups is 1. The molecule has 12 unspecified atom stereocenters. The number of hydrogen-bond acceptors (Lipinski definition) is 9. The summed E-state index contributed by atoms with van der Waals surface area (Å²) in [6, 6.07) is 19.6. The fraction of sp³-hybridized carbons (Fsp3) is 0.632. The lowest BCUT2D eigenvalue weighted by atomic mass is 9.83. The van der Waals surface area contributed by atoms with Crippen LogP contribution in [0.15, 0.2) is 60.7 Å². The maximum absolute atomic E-state index is 12.7. The highest BCUT2D eigenvalue weighted by molar-refractivity contribution is 7.55. The molecule has 0 bridgehead atoms. The predicted octanol–water partition coefficient (Wildman–Crippen LogP) is 6.69. The van der Waals surface area contributed by atoms with Crippen molar-refractivity contribution in [3.8, 4) is 0 Å². The highest BCUT2D eigenvalue weighted by Crippen LogP contribution is 2.41. The fourth-order valence-corrected chi connectivity index (χ4v) is 7.56. The van der Waals surface area contributed by atoms with E-state index in [9.17, 15) is 4.79 Å². The van der Waals surface area contributed by atoms with Gasteiger partial charge in [-0.1, -0.05) is 94.8 Å². The Bertz CT molecular complexity index is 1290. The zero-order chi connectivity index (χ0) is 34.2. The molecule has 2 aromatic carbocycles. The van der Waals surface area contributed by atoms with Gasteiger partial charge in [-0.3, -0.25) is 4.79 Å². The van der Waals surface area contributed by atoms with Crippen LogP contribution in [0.5, 0.6) is 0 Å². The van der Waals surface area contributed by atoms with Crippen LogP contribution < -0.4 is 0 Å². The first-order chi connectivity index (χ1) is 23.1. The van der Waals surface area contributed by atoms with Gasteiger partial charge in [-0.05, 0) is 29.9 Å². The Morgan fingerprint density at radius 3 is 2.08 bits per heavy atom. The van der Waals surface area contributed by atoms with E-state index in [4.69, 9.17) is 37.9 Å². The highest BCUT2D eigenvalue weighted by atomic mass is 31.1. The van der Waals surface area contributed by atoms with E-state index in [0.717, 1.165) is 30.4 Å². The molecule has 0 amide bonds. The van der Waals surface area contributed by atoms with E-state index >= 15 is 0 Å². The van der Waals surface area contributed by atoms with Gasteiger partial charge in [0.1, 0.15) is 38.6 Å². The Morgan fingerprint density at radius 2 is 1.52 bits per heavy atom. The first kappa shape index (κ1) is 37.1. The minimum atomic E-state index is -0.979. The third-order valence-corrected chi connectivity index (χ3v) is 10.2. The molecule has 0 radical (unpaired) electrons. The van der Waals surface area contributed by atoms with Crippen molar-refractivity contribution in [1.29, 1.82) is 0 Å². The summed E-state index contributed by atoms with van der Waals surface area (Å²) in [5, 5.41) is 0. The minimum Gasteiger partial charge on any atom is -0.454 e. The SMILES string of the molecule is C=[P+](C)C1OCC2OC(OC3C(CCC)OC(CC(C)C)C(C)C3OCc3ccccc3)C(OC(C)=O)C(OCc3ccccc3)C2O1. The van der Waals surface area contributed by atoms with Crippen molar-refractivity contribution < 1.29 is 42.7 Å². The molecule has 0 saturated carbocycles. The van der Waals surface area contributed by atoms with Crippen LogP contribution in [0.25, 0.3) is 0 Å². The summed E-state index contributed by atoms with van der Waals surface area (Å²) >= 11 is 0. The molecule has 0 N–H and O–H groups in total. The van der Waals surface area contributed by atoms with Gasteiger partial charge in [-0.2, -0.15) is 0 Å². The molecule has 0 aromatic heterocycles. The second kappa shape index (κ2) is 17.6. The summed E-state index contributed by atoms with van der Waals surface area (Å²) in [5.41, 5.74) is 2.07. The molecule has 9 nitrogen and oxygen atoms in total. The van der Waals surface area contributed by atoms with Crippen LogP contribution in [-0.4, -0.2) is 86.7 Å². The summed E-state index contributed by atoms with van der Waals surface area (Å²) in [5.74, 6) is 0.0274. The van der Waals surface area contributed by atoms with Gasteiger partial charge < -0.3 is 37.9 Å². The standard InChI is InChI=1S/C38H54O9P/c1-8-15-29-33(32(25(4)30(44-29)20-24(2)3)40-21-27-16-11-9-12-17-27)46-37-36(43-26(5)39)35(41-22-28-18-13-10-14-19-28)34-31(45-37)23-42-38(47-34)48(6)7/h9-14,16-19,24-25,29-38H,6,8,15,20-23H2,1-5,7H3/q+1. The molecule has 48 heavy (non-hydrogen) atoms. The van der Waals surface area contributed by atoms with Crippen LogP contribution in [0, 0.1) is 11.8 Å². The molecule has 5 rings (SSSR count). The van der Waals surface area contributed by atoms with E-state index in [2.05, 4.69) is 46.1 Å². The molecule has 3 aliphatic heterocycles. The first-order valence-corrected chi connectivity index (χ1v) is 19.4. The van der Waals surface area contributed by atoms with Gasteiger partial charge >= 0.3 is 12.0 Å². The third-order valence-electron chi connectivity index (χ3n) is 9.21. The van der Waals surface area contributed by atoms with Crippen molar-refractivity contribution in [3.63, 3.8) is 0 Å². The monoisotopic (exact) mass is 685 g/mol. The summed E-state index contributed by atoms with van der Waals surface area (Å²) in [7, 11) is -0.813. The summed E-state index contributed by atoms with van der Waals surface area (Å²) in [4.78, 5) is 12.7. The van der Waals surface area contributed by atoms with E-state index in [1.54, 1.807) is 0 Å². The van der Waals surface area contributed by atoms with Gasteiger partial charge in [0.25, 0.3) is 0 Å². The topological polar surface area (TPSA) is 90.9 Å². The Kier molecular flexibility index (Phi) is 13.6. The molecule has 10 heteroatoms. The zero-order valence-electron chi connectivity index (χ0n) is 29.3. The number of ether oxygens (including phenoxy) is 8. The number of esters is 1. The maximum Gasteiger partial charge on any atom is 0.324 e.